The number of carbonyl (C=O) groups excluding carboxylic acids is 1. The highest BCUT2D eigenvalue weighted by Gasteiger charge is 2.24. The summed E-state index contributed by atoms with van der Waals surface area (Å²) in [6.07, 6.45) is 5.19. The molecule has 6 heteroatoms. The fourth-order valence-electron chi connectivity index (χ4n) is 1.77. The maximum Gasteiger partial charge on any atom is 0.239 e. The van der Waals surface area contributed by atoms with E-state index in [1.54, 1.807) is 12.4 Å². The maximum absolute atomic E-state index is 10.7. The van der Waals surface area contributed by atoms with Crippen molar-refractivity contribution in [1.82, 2.24) is 9.78 Å². The average Bonchev–Trinajstić information content (AvgIpc) is 2.78. The van der Waals surface area contributed by atoms with Crippen LogP contribution in [-0.2, 0) is 11.3 Å². The number of rotatable bonds is 8. The summed E-state index contributed by atoms with van der Waals surface area (Å²) in [6.45, 7) is 5.05. The Morgan fingerprint density at radius 2 is 2.22 bits per heavy atom. The fourth-order valence-corrected chi connectivity index (χ4v) is 1.77. The molecular weight excluding hydrogens is 232 g/mol. The molecule has 18 heavy (non-hydrogen) atoms. The van der Waals surface area contributed by atoms with E-state index in [1.807, 2.05) is 0 Å². The topological polar surface area (TPSA) is 93.2 Å². The first-order valence-corrected chi connectivity index (χ1v) is 6.20. The molecule has 1 heterocycles. The van der Waals surface area contributed by atoms with Gasteiger partial charge in [-0.1, -0.05) is 13.8 Å². The van der Waals surface area contributed by atoms with Gasteiger partial charge in [0.2, 0.25) is 5.91 Å². The van der Waals surface area contributed by atoms with E-state index in [4.69, 9.17) is 5.73 Å². The van der Waals surface area contributed by atoms with Gasteiger partial charge in [-0.3, -0.25) is 9.48 Å². The van der Waals surface area contributed by atoms with E-state index in [0.717, 1.165) is 18.5 Å². The standard InChI is InChI=1S/C12H22N4O2/c1-3-12(4-2,9-17)8-14-10-5-15-16(6-10)7-11(13)18/h5-6,14,17H,3-4,7-9H2,1-2H3,(H2,13,18). The van der Waals surface area contributed by atoms with Gasteiger partial charge in [-0.2, -0.15) is 5.10 Å². The summed E-state index contributed by atoms with van der Waals surface area (Å²) in [6, 6.07) is 0. The number of hydrogen-bond donors (Lipinski definition) is 3. The Morgan fingerprint density at radius 3 is 2.72 bits per heavy atom. The minimum atomic E-state index is -0.420. The molecule has 1 rings (SSSR count). The Hall–Kier alpha value is -1.56. The predicted octanol–water partition coefficient (Wildman–Crippen LogP) is 0.579. The first kappa shape index (κ1) is 14.5. The Kier molecular flexibility index (Phi) is 5.15. The quantitative estimate of drug-likeness (QED) is 0.632. The van der Waals surface area contributed by atoms with Crippen LogP contribution in [0, 0.1) is 5.41 Å². The Balaban J connectivity index is 2.57. The largest absolute Gasteiger partial charge is 0.396 e. The molecule has 1 amide bonds. The van der Waals surface area contributed by atoms with Gasteiger partial charge in [0, 0.05) is 18.2 Å². The SMILES string of the molecule is CCC(CC)(CO)CNc1cnn(CC(N)=O)c1. The molecule has 0 aromatic carbocycles. The number of aliphatic hydroxyl groups is 1. The van der Waals surface area contributed by atoms with Crippen molar-refractivity contribution in [2.24, 2.45) is 11.1 Å². The van der Waals surface area contributed by atoms with Crippen molar-refractivity contribution >= 4 is 11.6 Å². The van der Waals surface area contributed by atoms with E-state index in [-0.39, 0.29) is 18.6 Å². The second kappa shape index (κ2) is 6.39. The van der Waals surface area contributed by atoms with Crippen LogP contribution in [0.1, 0.15) is 26.7 Å². The molecule has 6 nitrogen and oxygen atoms in total. The van der Waals surface area contributed by atoms with Gasteiger partial charge in [0.05, 0.1) is 18.5 Å². The molecule has 0 unspecified atom stereocenters. The van der Waals surface area contributed by atoms with Gasteiger partial charge >= 0.3 is 0 Å². The zero-order valence-electron chi connectivity index (χ0n) is 11.0. The Labute approximate surface area is 107 Å². The van der Waals surface area contributed by atoms with Crippen LogP contribution in [0.3, 0.4) is 0 Å². The van der Waals surface area contributed by atoms with Crippen molar-refractivity contribution in [1.29, 1.82) is 0 Å². The summed E-state index contributed by atoms with van der Waals surface area (Å²) in [5.74, 6) is -0.420. The summed E-state index contributed by atoms with van der Waals surface area (Å²) in [5.41, 5.74) is 5.81. The highest BCUT2D eigenvalue weighted by molar-refractivity contribution is 5.73. The van der Waals surface area contributed by atoms with Crippen molar-refractivity contribution in [2.45, 2.75) is 33.2 Å². The van der Waals surface area contributed by atoms with Gasteiger partial charge in [0.15, 0.2) is 0 Å². The van der Waals surface area contributed by atoms with Crippen LogP contribution in [0.2, 0.25) is 0 Å². The second-order valence-electron chi connectivity index (χ2n) is 4.61. The minimum Gasteiger partial charge on any atom is -0.396 e. The van der Waals surface area contributed by atoms with Gasteiger partial charge in [-0.25, -0.2) is 0 Å². The molecule has 0 aliphatic carbocycles. The monoisotopic (exact) mass is 254 g/mol. The molecule has 0 spiro atoms. The molecule has 0 aliphatic rings. The number of nitrogens with one attached hydrogen (secondary N) is 1. The van der Waals surface area contributed by atoms with E-state index in [0.29, 0.717) is 6.54 Å². The van der Waals surface area contributed by atoms with E-state index >= 15 is 0 Å². The van der Waals surface area contributed by atoms with Crippen LogP contribution in [0.4, 0.5) is 5.69 Å². The number of aliphatic hydroxyl groups excluding tert-OH is 1. The Bertz CT molecular complexity index is 377. The Morgan fingerprint density at radius 1 is 1.56 bits per heavy atom. The van der Waals surface area contributed by atoms with Crippen LogP contribution in [0.15, 0.2) is 12.4 Å². The third-order valence-electron chi connectivity index (χ3n) is 3.45. The summed E-state index contributed by atoms with van der Waals surface area (Å²) >= 11 is 0. The number of hydrogen-bond acceptors (Lipinski definition) is 4. The van der Waals surface area contributed by atoms with Gasteiger partial charge in [-0.05, 0) is 12.8 Å². The lowest BCUT2D eigenvalue weighted by molar-refractivity contribution is -0.118. The molecule has 0 aliphatic heterocycles. The van der Waals surface area contributed by atoms with Gasteiger partial charge < -0.3 is 16.2 Å². The molecule has 0 bridgehead atoms. The number of anilines is 1. The van der Waals surface area contributed by atoms with E-state index in [2.05, 4.69) is 24.3 Å². The first-order valence-electron chi connectivity index (χ1n) is 6.20. The molecule has 102 valence electrons. The maximum atomic E-state index is 10.7. The number of primary amides is 1. The number of nitrogens with two attached hydrogens (primary N) is 1. The number of carbonyl (C=O) groups is 1. The van der Waals surface area contributed by atoms with Crippen molar-refractivity contribution in [3.05, 3.63) is 12.4 Å². The first-order chi connectivity index (χ1) is 8.55. The second-order valence-corrected chi connectivity index (χ2v) is 4.61. The molecular formula is C12H22N4O2. The van der Waals surface area contributed by atoms with Gasteiger partial charge in [0.1, 0.15) is 6.54 Å². The number of nitrogens with zero attached hydrogens (tertiary/aromatic N) is 2. The van der Waals surface area contributed by atoms with Crippen molar-refractivity contribution in [3.63, 3.8) is 0 Å². The zero-order valence-corrected chi connectivity index (χ0v) is 11.0. The highest BCUT2D eigenvalue weighted by Crippen LogP contribution is 2.25. The summed E-state index contributed by atoms with van der Waals surface area (Å²) in [4.78, 5) is 10.7. The lowest BCUT2D eigenvalue weighted by Gasteiger charge is -2.29. The normalized spacial score (nSPS) is 11.5. The highest BCUT2D eigenvalue weighted by atomic mass is 16.3. The molecule has 1 aromatic heterocycles. The van der Waals surface area contributed by atoms with Crippen LogP contribution in [0.25, 0.3) is 0 Å². The summed E-state index contributed by atoms with van der Waals surface area (Å²) in [5, 5.41) is 16.7. The predicted molar refractivity (Wildman–Crippen MR) is 70.0 cm³/mol. The van der Waals surface area contributed by atoms with Crippen LogP contribution in [0.5, 0.6) is 0 Å². The third kappa shape index (κ3) is 3.73. The van der Waals surface area contributed by atoms with Crippen molar-refractivity contribution < 1.29 is 9.90 Å². The third-order valence-corrected chi connectivity index (χ3v) is 3.45. The van der Waals surface area contributed by atoms with E-state index in [1.165, 1.54) is 4.68 Å². The molecule has 0 saturated heterocycles. The lowest BCUT2D eigenvalue weighted by Crippen LogP contribution is -2.32. The van der Waals surface area contributed by atoms with Crippen molar-refractivity contribution in [3.8, 4) is 0 Å². The number of amides is 1. The molecule has 4 N–H and O–H groups in total. The molecule has 0 saturated carbocycles. The number of aromatic nitrogens is 2. The average molecular weight is 254 g/mol. The summed E-state index contributed by atoms with van der Waals surface area (Å²) in [7, 11) is 0. The zero-order chi connectivity index (χ0) is 13.6. The van der Waals surface area contributed by atoms with Crippen molar-refractivity contribution in [2.75, 3.05) is 18.5 Å². The molecule has 0 fully saturated rings. The fraction of sp³-hybridized carbons (Fsp3) is 0.667. The molecule has 0 radical (unpaired) electrons. The van der Waals surface area contributed by atoms with Crippen LogP contribution < -0.4 is 11.1 Å². The molecule has 1 aromatic rings. The minimum absolute atomic E-state index is 0.0778. The van der Waals surface area contributed by atoms with Crippen LogP contribution >= 0.6 is 0 Å². The van der Waals surface area contributed by atoms with Gasteiger partial charge in [0.25, 0.3) is 0 Å². The van der Waals surface area contributed by atoms with E-state index < -0.39 is 5.91 Å². The van der Waals surface area contributed by atoms with Crippen LogP contribution in [-0.4, -0.2) is 33.9 Å². The lowest BCUT2D eigenvalue weighted by atomic mass is 9.83. The van der Waals surface area contributed by atoms with E-state index in [9.17, 15) is 9.90 Å². The smallest absolute Gasteiger partial charge is 0.239 e. The van der Waals surface area contributed by atoms with Gasteiger partial charge in [-0.15, -0.1) is 0 Å². The summed E-state index contributed by atoms with van der Waals surface area (Å²) < 4.78 is 1.49. The molecule has 0 atom stereocenters.